The number of hydrogen-bond acceptors (Lipinski definition) is 3. The van der Waals surface area contributed by atoms with Gasteiger partial charge in [-0.2, -0.15) is 0 Å². The molecule has 0 aliphatic heterocycles. The summed E-state index contributed by atoms with van der Waals surface area (Å²) in [7, 11) is 1.60. The van der Waals surface area contributed by atoms with E-state index >= 15 is 0 Å². The van der Waals surface area contributed by atoms with Gasteiger partial charge in [-0.1, -0.05) is 0 Å². The summed E-state index contributed by atoms with van der Waals surface area (Å²) in [5.41, 5.74) is 1.33. The lowest BCUT2D eigenvalue weighted by atomic mass is 10.1. The van der Waals surface area contributed by atoms with Crippen LogP contribution >= 0.6 is 0 Å². The molecule has 0 aliphatic rings. The van der Waals surface area contributed by atoms with E-state index in [1.54, 1.807) is 13.2 Å². The highest BCUT2D eigenvalue weighted by atomic mass is 19.1. The van der Waals surface area contributed by atoms with Crippen LogP contribution in [0.5, 0.6) is 5.75 Å². The van der Waals surface area contributed by atoms with E-state index in [-0.39, 0.29) is 11.2 Å². The van der Waals surface area contributed by atoms with Crippen molar-refractivity contribution in [3.63, 3.8) is 0 Å². The molecule has 4 heteroatoms. The zero-order chi connectivity index (χ0) is 14.1. The SMILES string of the molecule is COc1ccc(-c2cc(=N)c3cc(F)ccc3o2)cc1. The molecule has 0 atom stereocenters. The molecule has 0 fully saturated rings. The lowest BCUT2D eigenvalue weighted by Crippen LogP contribution is -2.01. The predicted molar refractivity (Wildman–Crippen MR) is 74.0 cm³/mol. The van der Waals surface area contributed by atoms with E-state index in [9.17, 15) is 4.39 Å². The zero-order valence-electron chi connectivity index (χ0n) is 10.8. The van der Waals surface area contributed by atoms with Gasteiger partial charge in [0.15, 0.2) is 0 Å². The largest absolute Gasteiger partial charge is 0.497 e. The average Bonchev–Trinajstić information content (AvgIpc) is 2.48. The first-order chi connectivity index (χ1) is 9.67. The highest BCUT2D eigenvalue weighted by Gasteiger charge is 2.06. The van der Waals surface area contributed by atoms with E-state index < -0.39 is 0 Å². The smallest absolute Gasteiger partial charge is 0.137 e. The highest BCUT2D eigenvalue weighted by Crippen LogP contribution is 2.24. The zero-order valence-corrected chi connectivity index (χ0v) is 10.8. The second-order valence-electron chi connectivity index (χ2n) is 4.39. The van der Waals surface area contributed by atoms with Crippen molar-refractivity contribution in [2.75, 3.05) is 7.11 Å². The van der Waals surface area contributed by atoms with E-state index in [4.69, 9.17) is 14.6 Å². The average molecular weight is 269 g/mol. The van der Waals surface area contributed by atoms with Gasteiger partial charge in [-0.3, -0.25) is 5.41 Å². The van der Waals surface area contributed by atoms with Gasteiger partial charge in [0.05, 0.1) is 12.5 Å². The Hall–Kier alpha value is -2.62. The number of rotatable bonds is 2. The highest BCUT2D eigenvalue weighted by molar-refractivity contribution is 5.78. The summed E-state index contributed by atoms with van der Waals surface area (Å²) < 4.78 is 24.0. The van der Waals surface area contributed by atoms with E-state index in [0.29, 0.717) is 16.7 Å². The molecule has 0 aliphatic carbocycles. The van der Waals surface area contributed by atoms with E-state index in [0.717, 1.165) is 11.3 Å². The lowest BCUT2D eigenvalue weighted by Gasteiger charge is -2.05. The first kappa shape index (κ1) is 12.4. The fourth-order valence-corrected chi connectivity index (χ4v) is 2.06. The van der Waals surface area contributed by atoms with E-state index in [1.807, 2.05) is 24.3 Å². The van der Waals surface area contributed by atoms with Crippen molar-refractivity contribution in [1.82, 2.24) is 0 Å². The summed E-state index contributed by atoms with van der Waals surface area (Å²) >= 11 is 0. The van der Waals surface area contributed by atoms with Crippen LogP contribution in [0.2, 0.25) is 0 Å². The van der Waals surface area contributed by atoms with Crippen LogP contribution in [0.25, 0.3) is 22.3 Å². The van der Waals surface area contributed by atoms with Gasteiger partial charge in [0.1, 0.15) is 22.9 Å². The number of nitrogens with one attached hydrogen (secondary N) is 1. The number of ether oxygens (including phenoxy) is 1. The van der Waals surface area contributed by atoms with Crippen molar-refractivity contribution in [1.29, 1.82) is 5.41 Å². The molecule has 0 unspecified atom stereocenters. The molecule has 1 aromatic heterocycles. The molecule has 3 rings (SSSR count). The third-order valence-electron chi connectivity index (χ3n) is 3.10. The minimum absolute atomic E-state index is 0.233. The summed E-state index contributed by atoms with van der Waals surface area (Å²) in [5, 5.41) is 8.67. The fourth-order valence-electron chi connectivity index (χ4n) is 2.06. The van der Waals surface area contributed by atoms with Gasteiger partial charge in [0, 0.05) is 17.0 Å². The van der Waals surface area contributed by atoms with Gasteiger partial charge in [0.25, 0.3) is 0 Å². The summed E-state index contributed by atoms with van der Waals surface area (Å²) in [4.78, 5) is 0. The van der Waals surface area contributed by atoms with Crippen LogP contribution in [0.15, 0.2) is 52.9 Å². The van der Waals surface area contributed by atoms with Crippen LogP contribution in [0.3, 0.4) is 0 Å². The van der Waals surface area contributed by atoms with Crippen LogP contribution in [-0.4, -0.2) is 7.11 Å². The molecule has 100 valence electrons. The van der Waals surface area contributed by atoms with E-state index in [2.05, 4.69) is 0 Å². The Balaban J connectivity index is 2.16. The maximum atomic E-state index is 13.2. The Kier molecular flexibility index (Phi) is 2.99. The molecule has 0 radical (unpaired) electrons. The summed E-state index contributed by atoms with van der Waals surface area (Å²) in [5.74, 6) is 0.942. The molecule has 0 bridgehead atoms. The Morgan fingerprint density at radius 3 is 2.50 bits per heavy atom. The van der Waals surface area contributed by atoms with Crippen molar-refractivity contribution in [2.24, 2.45) is 0 Å². The van der Waals surface area contributed by atoms with Crippen molar-refractivity contribution < 1.29 is 13.5 Å². The number of benzene rings is 2. The normalized spacial score (nSPS) is 10.7. The summed E-state index contributed by atoms with van der Waals surface area (Å²) in [6.45, 7) is 0. The minimum atomic E-state index is -0.376. The predicted octanol–water partition coefficient (Wildman–Crippen LogP) is 3.73. The van der Waals surface area contributed by atoms with Gasteiger partial charge in [-0.25, -0.2) is 4.39 Å². The minimum Gasteiger partial charge on any atom is -0.497 e. The molecule has 2 aromatic carbocycles. The van der Waals surface area contributed by atoms with Crippen LogP contribution in [0.4, 0.5) is 4.39 Å². The van der Waals surface area contributed by atoms with Crippen molar-refractivity contribution in [2.45, 2.75) is 0 Å². The summed E-state index contributed by atoms with van der Waals surface area (Å²) in [6.07, 6.45) is 0. The van der Waals surface area contributed by atoms with Gasteiger partial charge in [0.2, 0.25) is 0 Å². The third-order valence-corrected chi connectivity index (χ3v) is 3.10. The molecule has 0 spiro atoms. The fraction of sp³-hybridized carbons (Fsp3) is 0.0625. The van der Waals surface area contributed by atoms with Crippen LogP contribution in [0.1, 0.15) is 0 Å². The van der Waals surface area contributed by atoms with Gasteiger partial charge < -0.3 is 9.15 Å². The van der Waals surface area contributed by atoms with Crippen LogP contribution in [0, 0.1) is 11.2 Å². The molecule has 20 heavy (non-hydrogen) atoms. The maximum Gasteiger partial charge on any atom is 0.137 e. The van der Waals surface area contributed by atoms with Crippen molar-refractivity contribution >= 4 is 11.0 Å². The molecule has 0 saturated carbocycles. The lowest BCUT2D eigenvalue weighted by molar-refractivity contribution is 0.415. The first-order valence-electron chi connectivity index (χ1n) is 6.10. The molecule has 3 nitrogen and oxygen atoms in total. The maximum absolute atomic E-state index is 13.2. The molecule has 3 aromatic rings. The topological polar surface area (TPSA) is 46.2 Å². The number of fused-ring (bicyclic) bond motifs is 1. The molecular weight excluding hydrogens is 257 g/mol. The first-order valence-corrected chi connectivity index (χ1v) is 6.10. The Morgan fingerprint density at radius 1 is 1.05 bits per heavy atom. The second-order valence-corrected chi connectivity index (χ2v) is 4.39. The van der Waals surface area contributed by atoms with Crippen molar-refractivity contribution in [3.8, 4) is 17.1 Å². The Morgan fingerprint density at radius 2 is 1.80 bits per heavy atom. The van der Waals surface area contributed by atoms with Crippen LogP contribution < -0.4 is 10.1 Å². The van der Waals surface area contributed by atoms with Crippen molar-refractivity contribution in [3.05, 3.63) is 59.7 Å². The van der Waals surface area contributed by atoms with Gasteiger partial charge in [-0.15, -0.1) is 0 Å². The Bertz CT molecular complexity index is 822. The molecule has 0 saturated heterocycles. The summed E-state index contributed by atoms with van der Waals surface area (Å²) in [6, 6.07) is 13.1. The standard InChI is InChI=1S/C16H12FNO2/c1-19-12-5-2-10(3-6-12)16-9-14(18)13-8-11(17)4-7-15(13)20-16/h2-9,18H,1H3. The monoisotopic (exact) mass is 269 g/mol. The van der Waals surface area contributed by atoms with E-state index in [1.165, 1.54) is 18.2 Å². The second kappa shape index (κ2) is 4.81. The van der Waals surface area contributed by atoms with Gasteiger partial charge >= 0.3 is 0 Å². The van der Waals surface area contributed by atoms with Crippen LogP contribution in [-0.2, 0) is 0 Å². The number of halogens is 1. The quantitative estimate of drug-likeness (QED) is 0.770. The molecule has 1 N–H and O–H groups in total. The molecular formula is C16H12FNO2. The number of hydrogen-bond donors (Lipinski definition) is 1. The molecule has 1 heterocycles. The number of methoxy groups -OCH3 is 1. The van der Waals surface area contributed by atoms with Gasteiger partial charge in [-0.05, 0) is 42.5 Å². The molecule has 0 amide bonds. The Labute approximate surface area is 114 Å². The third kappa shape index (κ3) is 2.16.